The topological polar surface area (TPSA) is 66.9 Å². The van der Waals surface area contributed by atoms with Gasteiger partial charge in [-0.25, -0.2) is 4.79 Å². The van der Waals surface area contributed by atoms with Gasteiger partial charge in [-0.05, 0) is 41.5 Å². The summed E-state index contributed by atoms with van der Waals surface area (Å²) in [6, 6.07) is 14.2. The second-order valence-electron chi connectivity index (χ2n) is 6.05. The lowest BCUT2D eigenvalue weighted by molar-refractivity contribution is -0.134. The molecule has 7 heteroatoms. The zero-order valence-electron chi connectivity index (χ0n) is 14.8. The van der Waals surface area contributed by atoms with Gasteiger partial charge in [0.15, 0.2) is 0 Å². The summed E-state index contributed by atoms with van der Waals surface area (Å²) in [5, 5.41) is 0. The summed E-state index contributed by atoms with van der Waals surface area (Å²) in [6.07, 6.45) is 1.47. The van der Waals surface area contributed by atoms with Gasteiger partial charge in [0, 0.05) is 18.6 Å². The Labute approximate surface area is 165 Å². The van der Waals surface area contributed by atoms with E-state index in [2.05, 4.69) is 15.9 Å². The van der Waals surface area contributed by atoms with Crippen LogP contribution in [-0.4, -0.2) is 41.7 Å². The van der Waals surface area contributed by atoms with Crippen molar-refractivity contribution in [3.8, 4) is 5.75 Å². The second-order valence-corrected chi connectivity index (χ2v) is 6.97. The van der Waals surface area contributed by atoms with Crippen LogP contribution in [0.5, 0.6) is 5.75 Å². The number of nitrogens with zero attached hydrogens (tertiary/aromatic N) is 2. The van der Waals surface area contributed by atoms with E-state index < -0.39 is 17.8 Å². The van der Waals surface area contributed by atoms with E-state index in [0.717, 1.165) is 19.8 Å². The van der Waals surface area contributed by atoms with Gasteiger partial charge in [-0.2, -0.15) is 0 Å². The van der Waals surface area contributed by atoms with Crippen LogP contribution >= 0.6 is 15.9 Å². The molecule has 2 aromatic carbocycles. The molecule has 0 radical (unpaired) electrons. The first kappa shape index (κ1) is 18.8. The molecule has 0 N–H and O–H groups in total. The fourth-order valence-corrected chi connectivity index (χ4v) is 2.81. The Balaban J connectivity index is 1.72. The third kappa shape index (κ3) is 4.09. The van der Waals surface area contributed by atoms with Crippen LogP contribution < -0.4 is 4.74 Å². The summed E-state index contributed by atoms with van der Waals surface area (Å²) in [4.78, 5) is 38.0. The van der Waals surface area contributed by atoms with Crippen molar-refractivity contribution < 1.29 is 19.1 Å². The maximum Gasteiger partial charge on any atom is 0.333 e. The molecule has 0 unspecified atom stereocenters. The van der Waals surface area contributed by atoms with Crippen molar-refractivity contribution in [3.05, 3.63) is 69.7 Å². The van der Waals surface area contributed by atoms with E-state index in [-0.39, 0.29) is 5.57 Å². The van der Waals surface area contributed by atoms with Crippen molar-refractivity contribution in [2.24, 2.45) is 0 Å². The first-order valence-corrected chi connectivity index (χ1v) is 8.95. The lowest BCUT2D eigenvalue weighted by Gasteiger charge is -2.28. The Hall–Kier alpha value is -2.93. The Morgan fingerprint density at radius 2 is 1.44 bits per heavy atom. The molecule has 1 saturated heterocycles. The highest BCUT2D eigenvalue weighted by atomic mass is 79.9. The van der Waals surface area contributed by atoms with Gasteiger partial charge in [0.1, 0.15) is 17.9 Å². The molecule has 2 aromatic rings. The fraction of sp³-hybridized carbons (Fsp3) is 0.150. The van der Waals surface area contributed by atoms with Crippen LogP contribution in [0.2, 0.25) is 0 Å². The van der Waals surface area contributed by atoms with Crippen molar-refractivity contribution in [2.45, 2.75) is 6.61 Å². The van der Waals surface area contributed by atoms with Gasteiger partial charge in [-0.1, -0.05) is 40.2 Å². The molecule has 1 aliphatic rings. The van der Waals surface area contributed by atoms with Crippen LogP contribution in [0.4, 0.5) is 4.79 Å². The number of hydrogen-bond donors (Lipinski definition) is 0. The third-order valence-electron chi connectivity index (χ3n) is 4.15. The number of urea groups is 1. The number of likely N-dealkylation sites (N-methyl/N-ethyl adjacent to an activating group) is 2. The average molecular weight is 429 g/mol. The van der Waals surface area contributed by atoms with Gasteiger partial charge < -0.3 is 4.74 Å². The molecule has 0 aliphatic carbocycles. The van der Waals surface area contributed by atoms with E-state index >= 15 is 0 Å². The minimum atomic E-state index is -0.640. The minimum Gasteiger partial charge on any atom is -0.489 e. The SMILES string of the molecule is CN1C(=O)C(=Cc2ccc(OCc3ccc(Br)cc3)cc2)C(=O)N(C)C1=O. The molecule has 1 heterocycles. The van der Waals surface area contributed by atoms with Crippen molar-refractivity contribution in [2.75, 3.05) is 14.1 Å². The zero-order valence-corrected chi connectivity index (χ0v) is 16.4. The number of hydrogen-bond acceptors (Lipinski definition) is 4. The van der Waals surface area contributed by atoms with E-state index in [9.17, 15) is 14.4 Å². The lowest BCUT2D eigenvalue weighted by Crippen LogP contribution is -2.52. The molecule has 6 nitrogen and oxygen atoms in total. The predicted octanol–water partition coefficient (Wildman–Crippen LogP) is 3.46. The number of halogens is 1. The van der Waals surface area contributed by atoms with Gasteiger partial charge in [0.25, 0.3) is 11.8 Å². The Bertz CT molecular complexity index is 894. The third-order valence-corrected chi connectivity index (χ3v) is 4.68. The number of carbonyl (C=O) groups excluding carboxylic acids is 3. The first-order chi connectivity index (χ1) is 12.9. The smallest absolute Gasteiger partial charge is 0.333 e. The average Bonchev–Trinajstić information content (AvgIpc) is 2.69. The second kappa shape index (κ2) is 7.75. The predicted molar refractivity (Wildman–Crippen MR) is 104 cm³/mol. The van der Waals surface area contributed by atoms with E-state index in [4.69, 9.17) is 4.74 Å². The minimum absolute atomic E-state index is 0.0527. The zero-order chi connectivity index (χ0) is 19.6. The van der Waals surface area contributed by atoms with Crippen LogP contribution in [-0.2, 0) is 16.2 Å². The summed E-state index contributed by atoms with van der Waals surface area (Å²) in [5.74, 6) is -0.553. The Morgan fingerprint density at radius 1 is 0.889 bits per heavy atom. The molecule has 3 rings (SSSR count). The van der Waals surface area contributed by atoms with Gasteiger partial charge in [-0.3, -0.25) is 19.4 Å². The molecule has 1 fully saturated rings. The van der Waals surface area contributed by atoms with Crippen molar-refractivity contribution in [1.82, 2.24) is 9.80 Å². The van der Waals surface area contributed by atoms with E-state index in [1.807, 2.05) is 24.3 Å². The quantitative estimate of drug-likeness (QED) is 0.552. The van der Waals surface area contributed by atoms with E-state index in [1.54, 1.807) is 24.3 Å². The molecule has 1 aliphatic heterocycles. The fourth-order valence-electron chi connectivity index (χ4n) is 2.55. The molecular weight excluding hydrogens is 412 g/mol. The first-order valence-electron chi connectivity index (χ1n) is 8.16. The van der Waals surface area contributed by atoms with Crippen LogP contribution in [0.15, 0.2) is 58.6 Å². The number of benzene rings is 2. The summed E-state index contributed by atoms with van der Waals surface area (Å²) in [6.45, 7) is 0.433. The largest absolute Gasteiger partial charge is 0.489 e. The highest BCUT2D eigenvalue weighted by Gasteiger charge is 2.37. The van der Waals surface area contributed by atoms with Crippen LogP contribution in [0.3, 0.4) is 0 Å². The van der Waals surface area contributed by atoms with Gasteiger partial charge in [-0.15, -0.1) is 0 Å². The Morgan fingerprint density at radius 3 is 2.00 bits per heavy atom. The molecule has 0 spiro atoms. The van der Waals surface area contributed by atoms with Crippen LogP contribution in [0, 0.1) is 0 Å². The number of barbiturate groups is 1. The molecule has 27 heavy (non-hydrogen) atoms. The van der Waals surface area contributed by atoms with Crippen molar-refractivity contribution >= 4 is 39.9 Å². The highest BCUT2D eigenvalue weighted by molar-refractivity contribution is 9.10. The monoisotopic (exact) mass is 428 g/mol. The number of carbonyl (C=O) groups is 3. The standard InChI is InChI=1S/C20H17BrN2O4/c1-22-18(24)17(19(25)23(2)20(22)26)11-13-5-9-16(10-6-13)27-12-14-3-7-15(21)8-4-14/h3-11H,12H2,1-2H3. The highest BCUT2D eigenvalue weighted by Crippen LogP contribution is 2.20. The summed E-state index contributed by atoms with van der Waals surface area (Å²) in [5.41, 5.74) is 1.65. The van der Waals surface area contributed by atoms with Crippen LogP contribution in [0.1, 0.15) is 11.1 Å². The number of rotatable bonds is 4. The molecule has 0 bridgehead atoms. The van der Waals surface area contributed by atoms with Crippen LogP contribution in [0.25, 0.3) is 6.08 Å². The summed E-state index contributed by atoms with van der Waals surface area (Å²) >= 11 is 3.39. The van der Waals surface area contributed by atoms with Crippen molar-refractivity contribution in [3.63, 3.8) is 0 Å². The number of amides is 4. The molecular formula is C20H17BrN2O4. The van der Waals surface area contributed by atoms with Crippen molar-refractivity contribution in [1.29, 1.82) is 0 Å². The molecule has 0 saturated carbocycles. The van der Waals surface area contributed by atoms with Gasteiger partial charge >= 0.3 is 6.03 Å². The lowest BCUT2D eigenvalue weighted by atomic mass is 10.1. The van der Waals surface area contributed by atoms with Gasteiger partial charge in [0.2, 0.25) is 0 Å². The molecule has 4 amide bonds. The number of ether oxygens (including phenoxy) is 1. The number of imide groups is 2. The molecule has 138 valence electrons. The maximum atomic E-state index is 12.2. The van der Waals surface area contributed by atoms with E-state index in [0.29, 0.717) is 17.9 Å². The summed E-state index contributed by atoms with van der Waals surface area (Å²) in [7, 11) is 2.70. The van der Waals surface area contributed by atoms with E-state index in [1.165, 1.54) is 20.2 Å². The van der Waals surface area contributed by atoms with Gasteiger partial charge in [0.05, 0.1) is 0 Å². The molecule has 0 atom stereocenters. The molecule has 0 aromatic heterocycles. The summed E-state index contributed by atoms with van der Waals surface area (Å²) < 4.78 is 6.74. The Kier molecular flexibility index (Phi) is 5.41. The normalized spacial score (nSPS) is 14.6. The maximum absolute atomic E-state index is 12.2.